The van der Waals surface area contributed by atoms with Crippen molar-refractivity contribution in [2.75, 3.05) is 178 Å². The first-order valence-corrected chi connectivity index (χ1v) is 36.1. The Kier molecular flexibility index (Phi) is 50.1. The van der Waals surface area contributed by atoms with Gasteiger partial charge in [0.1, 0.15) is 34.1 Å². The summed E-state index contributed by atoms with van der Waals surface area (Å²) < 4.78 is 74.2. The summed E-state index contributed by atoms with van der Waals surface area (Å²) in [5, 5.41) is 59.6. The Balaban J connectivity index is 0.000000460. The summed E-state index contributed by atoms with van der Waals surface area (Å²) in [6.45, 7) is 22.3. The van der Waals surface area contributed by atoms with Crippen LogP contribution in [-0.4, -0.2) is 263 Å². The summed E-state index contributed by atoms with van der Waals surface area (Å²) in [5.74, 6) is -4.30. The van der Waals surface area contributed by atoms with Crippen LogP contribution >= 0.6 is 0 Å². The van der Waals surface area contributed by atoms with Crippen molar-refractivity contribution in [2.45, 2.75) is 104 Å². The van der Waals surface area contributed by atoms with E-state index in [0.29, 0.717) is 206 Å². The number of benzene rings is 4. The highest BCUT2D eigenvalue weighted by atomic mass is 16.7. The van der Waals surface area contributed by atoms with Gasteiger partial charge in [-0.25, -0.2) is 9.59 Å². The number of nitrogens with two attached hydrogens (primary N) is 1. The number of hydrogen-bond donors (Lipinski definition) is 7. The van der Waals surface area contributed by atoms with Crippen LogP contribution in [0.2, 0.25) is 0 Å². The number of hydrogen-bond acceptors (Lipinski definition) is 30. The third kappa shape index (κ3) is 49.1. The third-order valence-electron chi connectivity index (χ3n) is 13.8. The summed E-state index contributed by atoms with van der Waals surface area (Å²) in [6, 6.07) is 22.3. The average molecular weight is 1560 g/mol. The number of aliphatic carboxylic acids is 2. The van der Waals surface area contributed by atoms with Gasteiger partial charge in [-0.2, -0.15) is 10.2 Å². The number of carboxylic acid groups (broad SMARTS) is 2. The van der Waals surface area contributed by atoms with E-state index in [4.69, 9.17) is 87.1 Å². The maximum atomic E-state index is 12.5. The second-order valence-electron chi connectivity index (χ2n) is 25.4. The van der Waals surface area contributed by atoms with Crippen molar-refractivity contribution in [3.63, 3.8) is 0 Å². The van der Waals surface area contributed by atoms with Crippen molar-refractivity contribution in [1.29, 1.82) is 0 Å². The molecule has 0 atom stereocenters. The number of rotatable bonds is 55. The van der Waals surface area contributed by atoms with Gasteiger partial charge in [0, 0.05) is 44.5 Å². The Morgan fingerprint density at radius 1 is 0.427 bits per heavy atom. The summed E-state index contributed by atoms with van der Waals surface area (Å²) in [6.07, 6.45) is 1.50. The van der Waals surface area contributed by atoms with E-state index in [1.165, 1.54) is 36.4 Å². The molecule has 0 unspecified atom stereocenters. The van der Waals surface area contributed by atoms with Gasteiger partial charge in [-0.3, -0.25) is 28.8 Å². The molecule has 612 valence electrons. The van der Waals surface area contributed by atoms with Crippen LogP contribution in [0.25, 0.3) is 0 Å². The number of carbonyl (C=O) groups is 8. The molecule has 1 aliphatic rings. The molecule has 4 aromatic carbocycles. The minimum absolute atomic E-state index is 0.0101. The Bertz CT molecular complexity index is 3340. The average Bonchev–Trinajstić information content (AvgIpc) is 1.29. The smallest absolute Gasteiger partial charge is 0.407 e. The lowest BCUT2D eigenvalue weighted by Gasteiger charge is -2.19. The van der Waals surface area contributed by atoms with Gasteiger partial charge < -0.3 is 108 Å². The van der Waals surface area contributed by atoms with E-state index in [-0.39, 0.29) is 85.6 Å². The van der Waals surface area contributed by atoms with Gasteiger partial charge in [0.2, 0.25) is 0 Å². The monoisotopic (exact) mass is 1550 g/mol. The first kappa shape index (κ1) is 95.1. The topological polar surface area (TPSA) is 459 Å². The van der Waals surface area contributed by atoms with E-state index in [1.807, 2.05) is 20.8 Å². The highest BCUT2D eigenvalue weighted by Gasteiger charge is 2.33. The first-order chi connectivity index (χ1) is 52.8. The summed E-state index contributed by atoms with van der Waals surface area (Å²) in [7, 11) is 0. The standard InChI is InChI=1S/C35H52N4O12.C25H27N3O7.C15H31NO8/c1-35(2,3)51-34(44)37-12-10-27-4-9-31(40)30(26-27)39-38-29-7-5-28(6-8-29)33(43)36-13-15-46-17-19-48-21-23-50-25-24-49-22-20-47-18-16-45-14-11-32(41)42;1-25(2,3)34-23(32)6-4-5-16-7-12-20(29)19(15-16)27-26-18-10-8-17(9-11-18)24(33)35-28-21(30)13-14-22(28)31;16-2-4-20-6-8-22-10-12-24-14-13-23-11-9-21-7-5-19-3-1-15(17)18/h4-9,26,40H,10-25H2,1-3H3,(H,36,43)(H,37,44)(H,41,42);7-12,15,29H,4-6,13-14H2,1-3H3;1-14,16H2,(H,17,18). The lowest BCUT2D eigenvalue weighted by Crippen LogP contribution is -2.33. The van der Waals surface area contributed by atoms with Gasteiger partial charge in [0.15, 0.2) is 0 Å². The molecule has 5 rings (SSSR count). The van der Waals surface area contributed by atoms with Gasteiger partial charge in [-0.1, -0.05) is 12.1 Å². The van der Waals surface area contributed by atoms with Crippen LogP contribution in [-0.2, 0) is 108 Å². The van der Waals surface area contributed by atoms with Gasteiger partial charge >= 0.3 is 30.0 Å². The number of nitrogens with zero attached hydrogens (tertiary/aromatic N) is 5. The zero-order chi connectivity index (χ0) is 80.5. The van der Waals surface area contributed by atoms with E-state index in [0.717, 1.165) is 11.1 Å². The van der Waals surface area contributed by atoms with Gasteiger partial charge in [0.25, 0.3) is 17.7 Å². The third-order valence-corrected chi connectivity index (χ3v) is 13.8. The predicted molar refractivity (Wildman–Crippen MR) is 396 cm³/mol. The van der Waals surface area contributed by atoms with Gasteiger partial charge in [-0.05, 0) is 145 Å². The van der Waals surface area contributed by atoms with Crippen molar-refractivity contribution < 1.29 is 130 Å². The van der Waals surface area contributed by atoms with Crippen LogP contribution in [0.4, 0.5) is 27.5 Å². The molecule has 1 heterocycles. The first-order valence-electron chi connectivity index (χ1n) is 36.1. The Labute approximate surface area is 640 Å². The molecule has 110 heavy (non-hydrogen) atoms. The molecular formula is C75H110N8O27. The number of phenolic OH excluding ortho intramolecular Hbond substituents is 2. The number of nitrogens with one attached hydrogen (secondary N) is 2. The summed E-state index contributed by atoms with van der Waals surface area (Å²) in [5.41, 5.74) is 7.94. The molecule has 1 saturated heterocycles. The number of esters is 1. The molecule has 4 aromatic rings. The SMILES string of the molecule is CC(C)(C)OC(=O)CCCc1ccc(O)c(N=Nc2ccc(C(=O)ON3C(=O)CCC3=O)cc2)c1.CC(C)(C)OC(=O)NCCc1ccc(O)c(N=Nc2ccc(C(=O)NCCOCCOCCOCCOCCOCCOCCC(=O)O)cc2)c1.NCCOCCOCCOCCOCCOCCOCCC(=O)O. The number of amides is 4. The molecule has 0 aromatic heterocycles. The number of alkyl carbamates (subject to hydrolysis) is 1. The number of azo groups is 2. The molecule has 0 bridgehead atoms. The van der Waals surface area contributed by atoms with Crippen LogP contribution in [0, 0.1) is 0 Å². The van der Waals surface area contributed by atoms with Crippen molar-refractivity contribution >= 4 is 70.4 Å². The normalized spacial score (nSPS) is 12.2. The molecule has 35 nitrogen and oxygen atoms in total. The molecule has 8 N–H and O–H groups in total. The highest BCUT2D eigenvalue weighted by molar-refractivity contribution is 6.02. The zero-order valence-electron chi connectivity index (χ0n) is 63.8. The molecule has 1 fully saturated rings. The number of aromatic hydroxyl groups is 2. The molecule has 0 radical (unpaired) electrons. The predicted octanol–water partition coefficient (Wildman–Crippen LogP) is 8.39. The number of carbonyl (C=O) groups excluding carboxylic acids is 6. The Morgan fingerprint density at radius 3 is 1.17 bits per heavy atom. The summed E-state index contributed by atoms with van der Waals surface area (Å²) in [4.78, 5) is 96.9. The van der Waals surface area contributed by atoms with Crippen molar-refractivity contribution in [3.05, 3.63) is 107 Å². The lowest BCUT2D eigenvalue weighted by atomic mass is 10.1. The Hall–Kier alpha value is -9.08. The fourth-order valence-corrected chi connectivity index (χ4v) is 8.57. The Morgan fingerprint density at radius 2 is 0.791 bits per heavy atom. The molecule has 0 saturated carbocycles. The van der Waals surface area contributed by atoms with E-state index >= 15 is 0 Å². The summed E-state index contributed by atoms with van der Waals surface area (Å²) >= 11 is 0. The van der Waals surface area contributed by atoms with E-state index in [9.17, 15) is 48.6 Å². The fraction of sp³-hybridized carbons (Fsp3) is 0.573. The largest absolute Gasteiger partial charge is 0.506 e. The number of phenols is 2. The minimum Gasteiger partial charge on any atom is -0.506 e. The molecular weight excluding hydrogens is 1440 g/mol. The molecule has 35 heteroatoms. The van der Waals surface area contributed by atoms with Crippen LogP contribution < -0.4 is 16.4 Å². The zero-order valence-corrected chi connectivity index (χ0v) is 63.8. The van der Waals surface area contributed by atoms with Crippen molar-refractivity contribution in [2.24, 2.45) is 26.2 Å². The van der Waals surface area contributed by atoms with Crippen molar-refractivity contribution in [1.82, 2.24) is 15.7 Å². The lowest BCUT2D eigenvalue weighted by molar-refractivity contribution is -0.172. The van der Waals surface area contributed by atoms with Gasteiger partial charge in [-0.15, -0.1) is 15.3 Å². The minimum atomic E-state index is -0.889. The van der Waals surface area contributed by atoms with Crippen LogP contribution in [0.5, 0.6) is 11.5 Å². The second kappa shape index (κ2) is 57.9. The molecule has 4 amide bonds. The number of carboxylic acids is 2. The van der Waals surface area contributed by atoms with E-state index < -0.39 is 47.0 Å². The highest BCUT2D eigenvalue weighted by Crippen LogP contribution is 2.31. The number of imide groups is 1. The van der Waals surface area contributed by atoms with Crippen LogP contribution in [0.3, 0.4) is 0 Å². The van der Waals surface area contributed by atoms with Gasteiger partial charge in [0.05, 0.1) is 188 Å². The van der Waals surface area contributed by atoms with Crippen LogP contribution in [0.1, 0.15) is 112 Å². The molecule has 1 aliphatic heterocycles. The van der Waals surface area contributed by atoms with Crippen LogP contribution in [0.15, 0.2) is 105 Å². The number of ether oxygens (including phenoxy) is 14. The van der Waals surface area contributed by atoms with E-state index in [1.54, 1.807) is 69.3 Å². The van der Waals surface area contributed by atoms with Crippen molar-refractivity contribution in [3.8, 4) is 11.5 Å². The molecule has 0 aliphatic carbocycles. The van der Waals surface area contributed by atoms with E-state index in [2.05, 4.69) is 31.1 Å². The number of hydroxylamine groups is 2. The maximum Gasteiger partial charge on any atom is 0.407 e. The fourth-order valence-electron chi connectivity index (χ4n) is 8.57. The quantitative estimate of drug-likeness (QED) is 0.00943. The molecule has 0 spiro atoms. The second-order valence-corrected chi connectivity index (χ2v) is 25.4. The number of aryl methyl sites for hydroxylation is 1. The maximum absolute atomic E-state index is 12.5.